The van der Waals surface area contributed by atoms with Gasteiger partial charge in [-0.1, -0.05) is 39.0 Å². The predicted molar refractivity (Wildman–Crippen MR) is 158 cm³/mol. The van der Waals surface area contributed by atoms with Crippen molar-refractivity contribution in [3.05, 3.63) is 118 Å². The molecule has 4 aromatic carbocycles. The highest BCUT2D eigenvalue weighted by Gasteiger charge is 2.46. The number of hydrogen-bond donors (Lipinski definition) is 4. The van der Waals surface area contributed by atoms with Gasteiger partial charge in [0.1, 0.15) is 34.1 Å². The number of hydrogen-bond acceptors (Lipinski definition) is 6. The lowest BCUT2D eigenvalue weighted by Gasteiger charge is -2.28. The van der Waals surface area contributed by atoms with Gasteiger partial charge in [-0.3, -0.25) is 0 Å². The van der Waals surface area contributed by atoms with Crippen LogP contribution in [-0.2, 0) is 10.8 Å². The zero-order valence-corrected chi connectivity index (χ0v) is 24.0. The van der Waals surface area contributed by atoms with Gasteiger partial charge in [-0.05, 0) is 89.2 Å². The summed E-state index contributed by atoms with van der Waals surface area (Å²) in [6.07, 6.45) is 0.743. The summed E-state index contributed by atoms with van der Waals surface area (Å²) >= 11 is 0. The molecule has 0 aliphatic heterocycles. The number of fused-ring (bicyclic) bond motifs is 1. The molecule has 4 N–H and O–H groups in total. The van der Waals surface area contributed by atoms with Gasteiger partial charge in [0.2, 0.25) is 0 Å². The Morgan fingerprint density at radius 2 is 1.05 bits per heavy atom. The van der Waals surface area contributed by atoms with Crippen molar-refractivity contribution in [2.45, 2.75) is 38.0 Å². The van der Waals surface area contributed by atoms with Gasteiger partial charge < -0.3 is 29.9 Å². The molecule has 0 aromatic heterocycles. The second-order valence-electron chi connectivity index (χ2n) is 11.5. The molecule has 0 radical (unpaired) electrons. The Morgan fingerprint density at radius 1 is 0.568 bits per heavy atom. The minimum atomic E-state index is -1.31. The lowest BCUT2D eigenvalue weighted by molar-refractivity contribution is 0.0674. The maximum atomic E-state index is 11.8. The first-order valence-electron chi connectivity index (χ1n) is 13.5. The fraction of sp³-hybridized carbons (Fsp3) is 0.176. The van der Waals surface area contributed by atoms with Gasteiger partial charge in [0, 0.05) is 5.41 Å². The van der Waals surface area contributed by atoms with Crippen molar-refractivity contribution in [1.82, 2.24) is 0 Å². The smallest absolute Gasteiger partial charge is 0.339 e. The molecule has 224 valence electrons. The van der Waals surface area contributed by atoms with Crippen molar-refractivity contribution >= 4 is 23.9 Å². The average Bonchev–Trinajstić information content (AvgIpc) is 3.18. The van der Waals surface area contributed by atoms with E-state index in [2.05, 4.69) is 20.8 Å². The first-order chi connectivity index (χ1) is 20.7. The van der Waals surface area contributed by atoms with Crippen molar-refractivity contribution in [2.75, 3.05) is 0 Å². The number of ether oxygens (including phenoxy) is 2. The van der Waals surface area contributed by atoms with Gasteiger partial charge in [0.15, 0.2) is 0 Å². The number of carboxylic acids is 4. The number of rotatable bonds is 9. The summed E-state index contributed by atoms with van der Waals surface area (Å²) in [5, 5.41) is 37.6. The van der Waals surface area contributed by atoms with Crippen LogP contribution in [-0.4, -0.2) is 44.3 Å². The van der Waals surface area contributed by atoms with E-state index in [0.29, 0.717) is 11.5 Å². The summed E-state index contributed by atoms with van der Waals surface area (Å²) in [5.41, 5.74) is 1.51. The Hall–Kier alpha value is -5.64. The van der Waals surface area contributed by atoms with E-state index >= 15 is 0 Å². The average molecular weight is 597 g/mol. The van der Waals surface area contributed by atoms with Crippen molar-refractivity contribution < 1.29 is 49.1 Å². The zero-order valence-electron chi connectivity index (χ0n) is 24.0. The first kappa shape index (κ1) is 29.8. The fourth-order valence-electron chi connectivity index (χ4n) is 5.94. The molecule has 1 aliphatic carbocycles. The number of carbonyl (C=O) groups is 4. The third-order valence-corrected chi connectivity index (χ3v) is 7.97. The third kappa shape index (κ3) is 5.45. The molecular weight excluding hydrogens is 568 g/mol. The molecule has 1 atom stereocenters. The molecule has 0 saturated heterocycles. The van der Waals surface area contributed by atoms with Crippen LogP contribution in [0.25, 0.3) is 0 Å². The van der Waals surface area contributed by atoms with Crippen molar-refractivity contribution in [3.63, 3.8) is 0 Å². The Balaban J connectivity index is 1.43. The van der Waals surface area contributed by atoms with Gasteiger partial charge in [-0.25, -0.2) is 19.2 Å². The van der Waals surface area contributed by atoms with Crippen molar-refractivity contribution in [2.24, 2.45) is 0 Å². The van der Waals surface area contributed by atoms with Gasteiger partial charge >= 0.3 is 23.9 Å². The predicted octanol–water partition coefficient (Wildman–Crippen LogP) is 7.05. The summed E-state index contributed by atoms with van der Waals surface area (Å²) < 4.78 is 11.8. The van der Waals surface area contributed by atoms with Crippen LogP contribution in [0.15, 0.2) is 78.9 Å². The molecule has 10 heteroatoms. The maximum absolute atomic E-state index is 11.8. The molecule has 0 fully saturated rings. The van der Waals surface area contributed by atoms with Gasteiger partial charge in [0.25, 0.3) is 0 Å². The lowest BCUT2D eigenvalue weighted by Crippen LogP contribution is -2.23. The van der Waals surface area contributed by atoms with E-state index in [1.54, 1.807) is 18.2 Å². The van der Waals surface area contributed by atoms with Crippen LogP contribution in [0, 0.1) is 0 Å². The molecule has 5 rings (SSSR count). The van der Waals surface area contributed by atoms with E-state index in [9.17, 15) is 39.6 Å². The van der Waals surface area contributed by atoms with Gasteiger partial charge in [-0.2, -0.15) is 0 Å². The van der Waals surface area contributed by atoms with E-state index in [1.165, 1.54) is 24.3 Å². The Bertz CT molecular complexity index is 1840. The van der Waals surface area contributed by atoms with Crippen LogP contribution >= 0.6 is 0 Å². The maximum Gasteiger partial charge on any atom is 0.339 e. The standard InChI is InChI=1S/C34H28O10/c1-33(2)17-34(3,20-6-8-21(9-7-20)43-27-12-4-18(29(35)36)14-23(27)31(39)40)25-11-10-22(16-26(25)33)44-28-13-5-19(30(37)38)15-24(28)32(41)42/h4-16H,17H2,1-3H3,(H,35,36)(H,37,38)(H,39,40)(H,41,42). The van der Waals surface area contributed by atoms with Gasteiger partial charge in [0.05, 0.1) is 11.1 Å². The highest BCUT2D eigenvalue weighted by molar-refractivity contribution is 5.96. The van der Waals surface area contributed by atoms with Crippen LogP contribution < -0.4 is 9.47 Å². The molecule has 0 amide bonds. The SMILES string of the molecule is CC1(C)CC(C)(c2ccc(Oc3ccc(C(=O)O)cc3C(=O)O)cc2)c2ccc(Oc3ccc(C(=O)O)cc3C(=O)O)cc21. The Kier molecular flexibility index (Phi) is 7.38. The van der Waals surface area contributed by atoms with E-state index in [-0.39, 0.29) is 39.2 Å². The summed E-state index contributed by atoms with van der Waals surface area (Å²) in [6, 6.07) is 20.2. The van der Waals surface area contributed by atoms with Crippen LogP contribution in [0.2, 0.25) is 0 Å². The van der Waals surface area contributed by atoms with E-state index in [1.807, 2.05) is 24.3 Å². The minimum absolute atomic E-state index is 0.0185. The largest absolute Gasteiger partial charge is 0.478 e. The molecule has 0 bridgehead atoms. The van der Waals surface area contributed by atoms with Crippen molar-refractivity contribution in [3.8, 4) is 23.0 Å². The lowest BCUT2D eigenvalue weighted by atomic mass is 9.75. The quantitative estimate of drug-likeness (QED) is 0.157. The van der Waals surface area contributed by atoms with Crippen molar-refractivity contribution in [1.29, 1.82) is 0 Å². The zero-order chi connectivity index (χ0) is 32.0. The van der Waals surface area contributed by atoms with Crippen LogP contribution in [0.5, 0.6) is 23.0 Å². The highest BCUT2D eigenvalue weighted by Crippen LogP contribution is 2.54. The highest BCUT2D eigenvalue weighted by atomic mass is 16.5. The topological polar surface area (TPSA) is 168 Å². The van der Waals surface area contributed by atoms with Gasteiger partial charge in [-0.15, -0.1) is 0 Å². The van der Waals surface area contributed by atoms with E-state index in [4.69, 9.17) is 9.47 Å². The molecule has 4 aromatic rings. The molecule has 0 saturated carbocycles. The number of aromatic carboxylic acids is 4. The van der Waals surface area contributed by atoms with E-state index in [0.717, 1.165) is 35.2 Å². The summed E-state index contributed by atoms with van der Waals surface area (Å²) in [7, 11) is 0. The van der Waals surface area contributed by atoms with E-state index < -0.39 is 29.3 Å². The first-order valence-corrected chi connectivity index (χ1v) is 13.5. The normalized spacial score (nSPS) is 16.5. The molecule has 10 nitrogen and oxygen atoms in total. The minimum Gasteiger partial charge on any atom is -0.478 e. The fourth-order valence-corrected chi connectivity index (χ4v) is 5.94. The van der Waals surface area contributed by atoms with Crippen LogP contribution in [0.4, 0.5) is 0 Å². The molecule has 44 heavy (non-hydrogen) atoms. The second-order valence-corrected chi connectivity index (χ2v) is 11.5. The summed E-state index contributed by atoms with van der Waals surface area (Å²) in [4.78, 5) is 46.1. The molecule has 1 unspecified atom stereocenters. The molecule has 0 heterocycles. The Morgan fingerprint density at radius 3 is 1.52 bits per heavy atom. The Labute approximate surface area is 251 Å². The summed E-state index contributed by atoms with van der Waals surface area (Å²) in [5.74, 6) is -4.25. The summed E-state index contributed by atoms with van der Waals surface area (Å²) in [6.45, 7) is 6.34. The number of carboxylic acid groups (broad SMARTS) is 4. The third-order valence-electron chi connectivity index (χ3n) is 7.97. The van der Waals surface area contributed by atoms with Crippen LogP contribution in [0.1, 0.15) is 85.3 Å². The molecule has 0 spiro atoms. The van der Waals surface area contributed by atoms with Crippen LogP contribution in [0.3, 0.4) is 0 Å². The molecular formula is C34H28O10. The monoisotopic (exact) mass is 596 g/mol. The molecule has 1 aliphatic rings. The second kappa shape index (κ2) is 10.9. The number of benzene rings is 4.